The molecular formula is C14H19N3O. The van der Waals surface area contributed by atoms with Gasteiger partial charge in [0, 0.05) is 19.8 Å². The summed E-state index contributed by atoms with van der Waals surface area (Å²) in [6, 6.07) is 7.37. The van der Waals surface area contributed by atoms with E-state index in [0.29, 0.717) is 11.3 Å². The Balaban J connectivity index is 1.64. The molecule has 4 heteroatoms. The molecule has 2 rings (SSSR count). The minimum absolute atomic E-state index is 0.589. The fraction of sp³-hybridized carbons (Fsp3) is 0.500. The number of nitrogen functional groups attached to an aromatic ring is 1. The van der Waals surface area contributed by atoms with Crippen molar-refractivity contribution in [1.82, 2.24) is 0 Å². The van der Waals surface area contributed by atoms with Gasteiger partial charge in [-0.3, -0.25) is 0 Å². The van der Waals surface area contributed by atoms with Crippen molar-refractivity contribution in [1.29, 1.82) is 5.26 Å². The number of ether oxygens (including phenoxy) is 1. The van der Waals surface area contributed by atoms with Gasteiger partial charge in [-0.15, -0.1) is 0 Å². The van der Waals surface area contributed by atoms with Gasteiger partial charge < -0.3 is 15.8 Å². The Labute approximate surface area is 108 Å². The van der Waals surface area contributed by atoms with Crippen LogP contribution >= 0.6 is 0 Å². The summed E-state index contributed by atoms with van der Waals surface area (Å²) in [5.74, 6) is 0.826. The van der Waals surface area contributed by atoms with E-state index in [1.54, 1.807) is 12.1 Å². The normalized spacial score (nSPS) is 14.2. The monoisotopic (exact) mass is 245 g/mol. The topological polar surface area (TPSA) is 71.1 Å². The van der Waals surface area contributed by atoms with Crippen LogP contribution in [0.4, 0.5) is 11.4 Å². The van der Waals surface area contributed by atoms with Crippen LogP contribution in [0.25, 0.3) is 0 Å². The maximum Gasteiger partial charge on any atom is 0.0992 e. The highest BCUT2D eigenvalue weighted by atomic mass is 16.5. The Bertz CT molecular complexity index is 435. The smallest absolute Gasteiger partial charge is 0.0992 e. The first-order chi connectivity index (χ1) is 8.79. The molecule has 0 spiro atoms. The first-order valence-electron chi connectivity index (χ1n) is 6.41. The van der Waals surface area contributed by atoms with Gasteiger partial charge in [0.25, 0.3) is 0 Å². The molecule has 0 unspecified atom stereocenters. The lowest BCUT2D eigenvalue weighted by Crippen LogP contribution is -2.08. The van der Waals surface area contributed by atoms with E-state index in [-0.39, 0.29) is 0 Å². The summed E-state index contributed by atoms with van der Waals surface area (Å²) in [6.07, 6.45) is 3.63. The third kappa shape index (κ3) is 3.94. The number of hydrogen-bond acceptors (Lipinski definition) is 4. The molecule has 96 valence electrons. The zero-order chi connectivity index (χ0) is 12.8. The Morgan fingerprint density at radius 3 is 2.94 bits per heavy atom. The van der Waals surface area contributed by atoms with Crippen molar-refractivity contribution in [3.05, 3.63) is 23.8 Å². The van der Waals surface area contributed by atoms with Crippen LogP contribution < -0.4 is 11.1 Å². The SMILES string of the molecule is N#Cc1ccc(NCCCOCC2CC2)c(N)c1. The Kier molecular flexibility index (Phi) is 4.43. The van der Waals surface area contributed by atoms with Crippen molar-refractivity contribution in [3.63, 3.8) is 0 Å². The van der Waals surface area contributed by atoms with E-state index in [1.807, 2.05) is 6.07 Å². The van der Waals surface area contributed by atoms with Gasteiger partial charge in [-0.25, -0.2) is 0 Å². The lowest BCUT2D eigenvalue weighted by molar-refractivity contribution is 0.124. The lowest BCUT2D eigenvalue weighted by atomic mass is 10.2. The van der Waals surface area contributed by atoms with Crippen LogP contribution in [-0.2, 0) is 4.74 Å². The number of nitrogens with two attached hydrogens (primary N) is 1. The molecule has 1 aromatic carbocycles. The third-order valence-corrected chi connectivity index (χ3v) is 3.01. The molecule has 4 nitrogen and oxygen atoms in total. The summed E-state index contributed by atoms with van der Waals surface area (Å²) in [5, 5.41) is 12.0. The summed E-state index contributed by atoms with van der Waals surface area (Å²) in [4.78, 5) is 0. The zero-order valence-corrected chi connectivity index (χ0v) is 10.5. The van der Waals surface area contributed by atoms with E-state index in [9.17, 15) is 0 Å². The second-order valence-corrected chi connectivity index (χ2v) is 4.71. The standard InChI is InChI=1S/C14H19N3O/c15-9-12-4-5-14(13(16)8-12)17-6-1-7-18-10-11-2-3-11/h4-5,8,11,17H,1-3,6-7,10,16H2. The summed E-state index contributed by atoms with van der Waals surface area (Å²) >= 11 is 0. The minimum Gasteiger partial charge on any atom is -0.397 e. The molecule has 0 saturated heterocycles. The molecule has 0 aliphatic heterocycles. The van der Waals surface area contributed by atoms with E-state index >= 15 is 0 Å². The highest BCUT2D eigenvalue weighted by molar-refractivity contribution is 5.68. The number of nitriles is 1. The van der Waals surface area contributed by atoms with Gasteiger partial charge in [-0.1, -0.05) is 0 Å². The first kappa shape index (κ1) is 12.7. The maximum atomic E-state index is 8.73. The second-order valence-electron chi connectivity index (χ2n) is 4.71. The number of anilines is 2. The van der Waals surface area contributed by atoms with Crippen LogP contribution in [0, 0.1) is 17.2 Å². The molecule has 1 aromatic rings. The third-order valence-electron chi connectivity index (χ3n) is 3.01. The Morgan fingerprint density at radius 2 is 2.28 bits per heavy atom. The molecule has 1 fully saturated rings. The predicted molar refractivity (Wildman–Crippen MR) is 72.2 cm³/mol. The van der Waals surface area contributed by atoms with Crippen molar-refractivity contribution in [2.24, 2.45) is 5.92 Å². The average molecular weight is 245 g/mol. The van der Waals surface area contributed by atoms with E-state index < -0.39 is 0 Å². The fourth-order valence-corrected chi connectivity index (χ4v) is 1.73. The summed E-state index contributed by atoms with van der Waals surface area (Å²) in [7, 11) is 0. The lowest BCUT2D eigenvalue weighted by Gasteiger charge is -2.09. The van der Waals surface area contributed by atoms with Crippen LogP contribution in [0.5, 0.6) is 0 Å². The molecule has 0 heterocycles. The highest BCUT2D eigenvalue weighted by Crippen LogP contribution is 2.28. The largest absolute Gasteiger partial charge is 0.397 e. The first-order valence-corrected chi connectivity index (χ1v) is 6.41. The van der Waals surface area contributed by atoms with Gasteiger partial charge >= 0.3 is 0 Å². The molecule has 0 radical (unpaired) electrons. The fourth-order valence-electron chi connectivity index (χ4n) is 1.73. The molecular weight excluding hydrogens is 226 g/mol. The molecule has 1 aliphatic carbocycles. The number of hydrogen-bond donors (Lipinski definition) is 2. The maximum absolute atomic E-state index is 8.73. The van der Waals surface area contributed by atoms with Crippen molar-refractivity contribution in [2.75, 3.05) is 30.8 Å². The second kappa shape index (κ2) is 6.27. The number of benzene rings is 1. The van der Waals surface area contributed by atoms with Gasteiger partial charge in [-0.2, -0.15) is 5.26 Å². The number of rotatable bonds is 7. The Morgan fingerprint density at radius 1 is 1.44 bits per heavy atom. The quantitative estimate of drug-likeness (QED) is 0.571. The van der Waals surface area contributed by atoms with Crippen LogP contribution in [-0.4, -0.2) is 19.8 Å². The van der Waals surface area contributed by atoms with Crippen molar-refractivity contribution in [2.45, 2.75) is 19.3 Å². The van der Waals surface area contributed by atoms with Gasteiger partial charge in [0.15, 0.2) is 0 Å². The van der Waals surface area contributed by atoms with Gasteiger partial charge in [0.2, 0.25) is 0 Å². The van der Waals surface area contributed by atoms with Crippen LogP contribution in [0.1, 0.15) is 24.8 Å². The summed E-state index contributed by atoms with van der Waals surface area (Å²) in [5.41, 5.74) is 7.93. The van der Waals surface area contributed by atoms with E-state index in [2.05, 4.69) is 11.4 Å². The van der Waals surface area contributed by atoms with Crippen LogP contribution in [0.3, 0.4) is 0 Å². The molecule has 1 aliphatic rings. The van der Waals surface area contributed by atoms with Gasteiger partial charge in [0.1, 0.15) is 0 Å². The van der Waals surface area contributed by atoms with E-state index in [0.717, 1.165) is 37.8 Å². The minimum atomic E-state index is 0.589. The zero-order valence-electron chi connectivity index (χ0n) is 10.5. The molecule has 18 heavy (non-hydrogen) atoms. The van der Waals surface area contributed by atoms with Gasteiger partial charge in [0.05, 0.1) is 23.0 Å². The highest BCUT2D eigenvalue weighted by Gasteiger charge is 2.20. The molecule has 0 atom stereocenters. The molecule has 0 aromatic heterocycles. The molecule has 0 amide bonds. The molecule has 0 bridgehead atoms. The van der Waals surface area contributed by atoms with Crippen LogP contribution in [0.15, 0.2) is 18.2 Å². The van der Waals surface area contributed by atoms with Crippen molar-refractivity contribution >= 4 is 11.4 Å². The van der Waals surface area contributed by atoms with E-state index in [1.165, 1.54) is 12.8 Å². The van der Waals surface area contributed by atoms with Crippen molar-refractivity contribution in [3.8, 4) is 6.07 Å². The summed E-state index contributed by atoms with van der Waals surface area (Å²) < 4.78 is 5.55. The average Bonchev–Trinajstić information content (AvgIpc) is 3.19. The van der Waals surface area contributed by atoms with Gasteiger partial charge in [-0.05, 0) is 43.4 Å². The van der Waals surface area contributed by atoms with Crippen molar-refractivity contribution < 1.29 is 4.74 Å². The Hall–Kier alpha value is -1.73. The van der Waals surface area contributed by atoms with Crippen LogP contribution in [0.2, 0.25) is 0 Å². The summed E-state index contributed by atoms with van der Waals surface area (Å²) in [6.45, 7) is 2.54. The predicted octanol–water partition coefficient (Wildman–Crippen LogP) is 2.37. The van der Waals surface area contributed by atoms with E-state index in [4.69, 9.17) is 15.7 Å². The molecule has 3 N–H and O–H groups in total. The number of nitrogens with zero attached hydrogens (tertiary/aromatic N) is 1. The molecule has 1 saturated carbocycles. The number of nitrogens with one attached hydrogen (secondary N) is 1.